The second-order valence-corrected chi connectivity index (χ2v) is 9.24. The zero-order valence-corrected chi connectivity index (χ0v) is 19.0. The van der Waals surface area contributed by atoms with Crippen molar-refractivity contribution in [3.8, 4) is 11.1 Å². The van der Waals surface area contributed by atoms with Gasteiger partial charge in [0.25, 0.3) is 0 Å². The number of hydrogen-bond acceptors (Lipinski definition) is 5. The Morgan fingerprint density at radius 3 is 2.32 bits per heavy atom. The number of benzene rings is 2. The lowest BCUT2D eigenvalue weighted by Gasteiger charge is -2.30. The number of rotatable bonds is 7. The summed E-state index contributed by atoms with van der Waals surface area (Å²) in [6.45, 7) is 1.04. The van der Waals surface area contributed by atoms with Gasteiger partial charge in [-0.15, -0.1) is 0 Å². The van der Waals surface area contributed by atoms with Gasteiger partial charge in [-0.2, -0.15) is 0 Å². The first-order valence-electron chi connectivity index (χ1n) is 11.6. The Kier molecular flexibility index (Phi) is 6.00. The highest BCUT2D eigenvalue weighted by molar-refractivity contribution is 5.86. The van der Waals surface area contributed by atoms with Crippen LogP contribution in [-0.2, 0) is 19.1 Å². The van der Waals surface area contributed by atoms with Gasteiger partial charge >= 0.3 is 12.1 Å². The number of likely N-dealkylation sites (tertiary alicyclic amines) is 1. The van der Waals surface area contributed by atoms with Gasteiger partial charge in [-0.1, -0.05) is 48.5 Å². The van der Waals surface area contributed by atoms with Crippen molar-refractivity contribution < 1.29 is 29.0 Å². The third-order valence-electron chi connectivity index (χ3n) is 7.36. The second-order valence-electron chi connectivity index (χ2n) is 9.24. The first-order chi connectivity index (χ1) is 16.5. The minimum absolute atomic E-state index is 0.00662. The fourth-order valence-electron chi connectivity index (χ4n) is 5.65. The van der Waals surface area contributed by atoms with Gasteiger partial charge in [-0.25, -0.2) is 4.79 Å². The van der Waals surface area contributed by atoms with E-state index in [9.17, 15) is 19.5 Å². The normalized spacial score (nSPS) is 23.3. The van der Waals surface area contributed by atoms with Crippen LogP contribution in [0.15, 0.2) is 48.5 Å². The number of carboxylic acid groups (broad SMARTS) is 1. The van der Waals surface area contributed by atoms with Crippen LogP contribution >= 0.6 is 0 Å². The van der Waals surface area contributed by atoms with Gasteiger partial charge in [0.1, 0.15) is 12.6 Å². The molecule has 8 heteroatoms. The smallest absolute Gasteiger partial charge is 0.407 e. The van der Waals surface area contributed by atoms with Crippen LogP contribution in [0.25, 0.3) is 11.1 Å². The minimum Gasteiger partial charge on any atom is -0.481 e. The molecule has 2 aliphatic carbocycles. The van der Waals surface area contributed by atoms with Gasteiger partial charge in [0.05, 0.1) is 12.5 Å². The maximum atomic E-state index is 13.1. The third kappa shape index (κ3) is 4.03. The Morgan fingerprint density at radius 1 is 1.06 bits per heavy atom. The number of hydrogen-bond donors (Lipinski definition) is 2. The van der Waals surface area contributed by atoms with Crippen molar-refractivity contribution in [1.29, 1.82) is 0 Å². The predicted octanol–water partition coefficient (Wildman–Crippen LogP) is 2.72. The van der Waals surface area contributed by atoms with Crippen molar-refractivity contribution in [2.24, 2.45) is 17.8 Å². The summed E-state index contributed by atoms with van der Waals surface area (Å²) in [5, 5.41) is 12.0. The largest absolute Gasteiger partial charge is 0.481 e. The molecule has 0 spiro atoms. The highest BCUT2D eigenvalue weighted by atomic mass is 16.5. The lowest BCUT2D eigenvalue weighted by atomic mass is 9.98. The van der Waals surface area contributed by atoms with Crippen LogP contribution in [0.3, 0.4) is 0 Å². The number of piperidine rings is 1. The molecule has 1 aliphatic heterocycles. The van der Waals surface area contributed by atoms with Crippen molar-refractivity contribution in [2.75, 3.05) is 33.4 Å². The molecule has 178 valence electrons. The molecule has 0 bridgehead atoms. The molecular formula is C26H28N2O6. The number of nitrogens with one attached hydrogen (secondary N) is 1. The van der Waals surface area contributed by atoms with Crippen LogP contribution in [0.1, 0.15) is 23.5 Å². The molecule has 4 atom stereocenters. The summed E-state index contributed by atoms with van der Waals surface area (Å²) in [6.07, 6.45) is -0.0140. The van der Waals surface area contributed by atoms with Gasteiger partial charge in [0, 0.05) is 26.1 Å². The van der Waals surface area contributed by atoms with Crippen LogP contribution in [0.2, 0.25) is 0 Å². The van der Waals surface area contributed by atoms with E-state index in [1.54, 1.807) is 4.90 Å². The van der Waals surface area contributed by atoms with E-state index in [1.165, 1.54) is 7.11 Å². The summed E-state index contributed by atoms with van der Waals surface area (Å²) >= 11 is 0. The molecule has 2 aromatic carbocycles. The number of methoxy groups -OCH3 is 1. The van der Waals surface area contributed by atoms with Crippen molar-refractivity contribution in [3.05, 3.63) is 59.7 Å². The molecule has 0 radical (unpaired) electrons. The van der Waals surface area contributed by atoms with Crippen LogP contribution in [0.4, 0.5) is 4.79 Å². The first-order valence-corrected chi connectivity index (χ1v) is 11.6. The van der Waals surface area contributed by atoms with Crippen molar-refractivity contribution in [3.63, 3.8) is 0 Å². The Labute approximate surface area is 197 Å². The van der Waals surface area contributed by atoms with E-state index in [-0.39, 0.29) is 42.8 Å². The average molecular weight is 465 g/mol. The van der Waals surface area contributed by atoms with Crippen LogP contribution in [0, 0.1) is 17.8 Å². The summed E-state index contributed by atoms with van der Waals surface area (Å²) in [7, 11) is 1.47. The van der Waals surface area contributed by atoms with E-state index in [0.29, 0.717) is 19.5 Å². The van der Waals surface area contributed by atoms with Gasteiger partial charge in [-0.3, -0.25) is 9.59 Å². The molecule has 5 rings (SSSR count). The number of aliphatic carboxylic acids is 1. The monoisotopic (exact) mass is 464 g/mol. The lowest BCUT2D eigenvalue weighted by molar-refractivity contribution is -0.139. The van der Waals surface area contributed by atoms with E-state index in [0.717, 1.165) is 22.3 Å². The maximum absolute atomic E-state index is 13.1. The fraction of sp³-hybridized carbons (Fsp3) is 0.423. The van der Waals surface area contributed by atoms with E-state index >= 15 is 0 Å². The molecule has 2 aromatic rings. The standard InChI is InChI=1S/C26H28N2O6/c1-33-14-22(24(29)28-11-10-19-20(12-28)23(19)25(30)31)27-26(32)34-13-21-17-8-4-2-6-15(17)16-7-3-5-9-18(16)21/h2-9,19-23H,10-14H2,1H3,(H,27,32)(H,30,31)/t19-,20+,22+,23?/m1/s1. The Bertz CT molecular complexity index is 1070. The molecule has 2 fully saturated rings. The molecule has 1 unspecified atom stereocenters. The highest BCUT2D eigenvalue weighted by Gasteiger charge is 2.57. The Balaban J connectivity index is 1.21. The minimum atomic E-state index is -0.890. The number of carbonyl (C=O) groups excluding carboxylic acids is 2. The van der Waals surface area contributed by atoms with E-state index in [2.05, 4.69) is 17.4 Å². The van der Waals surface area contributed by atoms with Crippen LogP contribution in [0.5, 0.6) is 0 Å². The van der Waals surface area contributed by atoms with Gasteiger partial charge in [-0.05, 0) is 40.5 Å². The fourth-order valence-corrected chi connectivity index (χ4v) is 5.65. The molecule has 34 heavy (non-hydrogen) atoms. The quantitative estimate of drug-likeness (QED) is 0.653. The van der Waals surface area contributed by atoms with E-state index in [1.807, 2.05) is 36.4 Å². The number of carbonyl (C=O) groups is 3. The summed E-state index contributed by atoms with van der Waals surface area (Å²) in [6, 6.07) is 15.3. The molecule has 8 nitrogen and oxygen atoms in total. The second kappa shape index (κ2) is 9.10. The number of amides is 2. The molecular weight excluding hydrogens is 436 g/mol. The van der Waals surface area contributed by atoms with E-state index < -0.39 is 18.1 Å². The summed E-state index contributed by atoms with van der Waals surface area (Å²) in [5.41, 5.74) is 4.51. The molecule has 2 N–H and O–H groups in total. The maximum Gasteiger partial charge on any atom is 0.407 e. The van der Waals surface area contributed by atoms with Crippen molar-refractivity contribution in [2.45, 2.75) is 18.4 Å². The molecule has 2 amide bonds. The number of nitrogens with zero attached hydrogens (tertiary/aromatic N) is 1. The first kappa shape index (κ1) is 22.4. The summed E-state index contributed by atoms with van der Waals surface area (Å²) in [5.74, 6) is -1.37. The van der Waals surface area contributed by atoms with Gasteiger partial charge in [0.2, 0.25) is 5.91 Å². The molecule has 0 aromatic heterocycles. The van der Waals surface area contributed by atoms with Gasteiger partial charge < -0.3 is 24.8 Å². The van der Waals surface area contributed by atoms with Crippen LogP contribution in [-0.4, -0.2) is 67.4 Å². The summed E-state index contributed by atoms with van der Waals surface area (Å²) in [4.78, 5) is 38.7. The summed E-state index contributed by atoms with van der Waals surface area (Å²) < 4.78 is 10.8. The number of alkyl carbamates (subject to hydrolysis) is 1. The Morgan fingerprint density at radius 2 is 1.71 bits per heavy atom. The van der Waals surface area contributed by atoms with Crippen molar-refractivity contribution >= 4 is 18.0 Å². The molecule has 3 aliphatic rings. The lowest BCUT2D eigenvalue weighted by Crippen LogP contribution is -2.52. The number of carboxylic acids is 1. The predicted molar refractivity (Wildman–Crippen MR) is 123 cm³/mol. The van der Waals surface area contributed by atoms with Crippen molar-refractivity contribution in [1.82, 2.24) is 10.2 Å². The molecule has 1 heterocycles. The SMILES string of the molecule is COC[C@H](NC(=O)OCC1c2ccccc2-c2ccccc21)C(=O)N1CC[C@H]2C(C(=O)O)[C@H]2C1. The Hall–Kier alpha value is -3.39. The third-order valence-corrected chi connectivity index (χ3v) is 7.36. The zero-order valence-electron chi connectivity index (χ0n) is 19.0. The topological polar surface area (TPSA) is 105 Å². The van der Waals surface area contributed by atoms with E-state index in [4.69, 9.17) is 9.47 Å². The highest BCUT2D eigenvalue weighted by Crippen LogP contribution is 2.51. The van der Waals surface area contributed by atoms with Gasteiger partial charge in [0.15, 0.2) is 0 Å². The van der Waals surface area contributed by atoms with Crippen LogP contribution < -0.4 is 5.32 Å². The molecule has 1 saturated heterocycles. The molecule has 1 saturated carbocycles. The number of ether oxygens (including phenoxy) is 2. The average Bonchev–Trinajstić information content (AvgIpc) is 3.49. The number of fused-ring (bicyclic) bond motifs is 4. The zero-order chi connectivity index (χ0) is 23.8.